The molecule has 154 valence electrons. The summed E-state index contributed by atoms with van der Waals surface area (Å²) in [6, 6.07) is 8.86. The van der Waals surface area contributed by atoms with Gasteiger partial charge >= 0.3 is 0 Å². The van der Waals surface area contributed by atoms with Crippen LogP contribution in [-0.2, 0) is 16.1 Å². The quantitative estimate of drug-likeness (QED) is 0.848. The largest absolute Gasteiger partial charge is 0.353 e. The molecule has 0 unspecified atom stereocenters. The first kappa shape index (κ1) is 20.8. The third-order valence-corrected chi connectivity index (χ3v) is 6.26. The van der Waals surface area contributed by atoms with Crippen LogP contribution in [0.3, 0.4) is 0 Å². The minimum Gasteiger partial charge on any atom is -0.353 e. The summed E-state index contributed by atoms with van der Waals surface area (Å²) < 4.78 is 0. The van der Waals surface area contributed by atoms with Crippen LogP contribution in [0.15, 0.2) is 24.3 Å². The maximum absolute atomic E-state index is 12.7. The van der Waals surface area contributed by atoms with Gasteiger partial charge in [-0.25, -0.2) is 0 Å². The third kappa shape index (κ3) is 5.34. The van der Waals surface area contributed by atoms with Gasteiger partial charge < -0.3 is 10.2 Å². The second kappa shape index (κ2) is 9.55. The Balaban J connectivity index is 1.40. The van der Waals surface area contributed by atoms with Crippen LogP contribution in [0, 0.1) is 18.8 Å². The molecule has 2 aliphatic rings. The maximum Gasteiger partial charge on any atom is 0.225 e. The van der Waals surface area contributed by atoms with Gasteiger partial charge in [0.1, 0.15) is 0 Å². The highest BCUT2D eigenvalue weighted by Crippen LogP contribution is 2.21. The molecule has 2 heterocycles. The zero-order valence-corrected chi connectivity index (χ0v) is 17.6. The molecule has 0 aromatic heterocycles. The van der Waals surface area contributed by atoms with Crippen LogP contribution in [0.2, 0.25) is 0 Å². The lowest BCUT2D eigenvalue weighted by atomic mass is 9.94. The van der Waals surface area contributed by atoms with Gasteiger partial charge in [-0.3, -0.25) is 14.5 Å². The Morgan fingerprint density at radius 1 is 1.04 bits per heavy atom. The van der Waals surface area contributed by atoms with E-state index in [1.54, 1.807) is 0 Å². The molecule has 0 aliphatic carbocycles. The van der Waals surface area contributed by atoms with Crippen molar-refractivity contribution in [3.8, 4) is 0 Å². The lowest BCUT2D eigenvalue weighted by molar-refractivity contribution is -0.138. The SMILES string of the molecule is Cc1ccccc1CN1CCC(NC(=O)C2CCN(C(=O)C(C)C)CC2)CC1. The number of benzene rings is 1. The highest BCUT2D eigenvalue weighted by molar-refractivity contribution is 5.81. The molecule has 1 N–H and O–H groups in total. The Morgan fingerprint density at radius 3 is 2.29 bits per heavy atom. The molecule has 2 fully saturated rings. The number of rotatable bonds is 5. The average molecular weight is 386 g/mol. The zero-order chi connectivity index (χ0) is 20.1. The van der Waals surface area contributed by atoms with Crippen molar-refractivity contribution in [3.05, 3.63) is 35.4 Å². The van der Waals surface area contributed by atoms with E-state index < -0.39 is 0 Å². The molecule has 2 aliphatic heterocycles. The van der Waals surface area contributed by atoms with Crippen molar-refractivity contribution in [1.82, 2.24) is 15.1 Å². The topological polar surface area (TPSA) is 52.7 Å². The number of hydrogen-bond donors (Lipinski definition) is 1. The van der Waals surface area contributed by atoms with Crippen LogP contribution < -0.4 is 5.32 Å². The highest BCUT2D eigenvalue weighted by Gasteiger charge is 2.30. The summed E-state index contributed by atoms with van der Waals surface area (Å²) in [5.41, 5.74) is 2.74. The van der Waals surface area contributed by atoms with E-state index in [0.29, 0.717) is 13.1 Å². The monoisotopic (exact) mass is 385 g/mol. The van der Waals surface area contributed by atoms with Gasteiger partial charge in [-0.2, -0.15) is 0 Å². The van der Waals surface area contributed by atoms with Gasteiger partial charge in [-0.1, -0.05) is 38.1 Å². The standard InChI is InChI=1S/C23H35N3O2/c1-17(2)23(28)26-14-8-19(9-15-26)22(27)24-21-10-12-25(13-11-21)16-20-7-5-4-6-18(20)3/h4-7,17,19,21H,8-16H2,1-3H3,(H,24,27). The van der Waals surface area contributed by atoms with Crippen molar-refractivity contribution in [2.45, 2.75) is 59.0 Å². The molecule has 1 aromatic carbocycles. The Hall–Kier alpha value is -1.88. The van der Waals surface area contributed by atoms with Gasteiger partial charge in [0, 0.05) is 50.6 Å². The van der Waals surface area contributed by atoms with Gasteiger partial charge in [0.25, 0.3) is 0 Å². The Bertz CT molecular complexity index is 672. The first-order valence-electron chi connectivity index (χ1n) is 10.8. The number of carbonyl (C=O) groups excluding carboxylic acids is 2. The smallest absolute Gasteiger partial charge is 0.225 e. The second-order valence-corrected chi connectivity index (χ2v) is 8.74. The van der Waals surface area contributed by atoms with Crippen LogP contribution >= 0.6 is 0 Å². The molecule has 1 aromatic rings. The fourth-order valence-electron chi connectivity index (χ4n) is 4.31. The van der Waals surface area contributed by atoms with Crippen molar-refractivity contribution in [2.24, 2.45) is 11.8 Å². The molecule has 3 rings (SSSR count). The Kier molecular flexibility index (Phi) is 7.11. The first-order valence-corrected chi connectivity index (χ1v) is 10.8. The molecule has 28 heavy (non-hydrogen) atoms. The van der Waals surface area contributed by atoms with E-state index in [1.807, 2.05) is 18.7 Å². The number of hydrogen-bond acceptors (Lipinski definition) is 3. The van der Waals surface area contributed by atoms with Gasteiger partial charge in [0.2, 0.25) is 11.8 Å². The second-order valence-electron chi connectivity index (χ2n) is 8.74. The number of likely N-dealkylation sites (tertiary alicyclic amines) is 2. The number of aryl methyl sites for hydroxylation is 1. The van der Waals surface area contributed by atoms with Crippen LogP contribution in [0.4, 0.5) is 0 Å². The Labute approximate surface area is 169 Å². The maximum atomic E-state index is 12.7. The number of carbonyl (C=O) groups is 2. The van der Waals surface area contributed by atoms with E-state index in [-0.39, 0.29) is 29.7 Å². The molecule has 5 heteroatoms. The predicted octanol–water partition coefficient (Wildman–Crippen LogP) is 2.97. The van der Waals surface area contributed by atoms with Crippen molar-refractivity contribution in [1.29, 1.82) is 0 Å². The van der Waals surface area contributed by atoms with Crippen LogP contribution in [0.1, 0.15) is 50.7 Å². The minimum absolute atomic E-state index is 0.0373. The fraction of sp³-hybridized carbons (Fsp3) is 0.652. The van der Waals surface area contributed by atoms with Gasteiger partial charge in [0.05, 0.1) is 0 Å². The van der Waals surface area contributed by atoms with Crippen molar-refractivity contribution in [2.75, 3.05) is 26.2 Å². The molecule has 5 nitrogen and oxygen atoms in total. The summed E-state index contributed by atoms with van der Waals surface area (Å²) in [5, 5.41) is 3.28. The normalized spacial score (nSPS) is 19.8. The third-order valence-electron chi connectivity index (χ3n) is 6.26. The van der Waals surface area contributed by atoms with Crippen LogP contribution in [0.5, 0.6) is 0 Å². The van der Waals surface area contributed by atoms with Crippen molar-refractivity contribution >= 4 is 11.8 Å². The van der Waals surface area contributed by atoms with Crippen LogP contribution in [0.25, 0.3) is 0 Å². The summed E-state index contributed by atoms with van der Waals surface area (Å²) in [6.07, 6.45) is 3.61. The molecule has 0 saturated carbocycles. The summed E-state index contributed by atoms with van der Waals surface area (Å²) >= 11 is 0. The zero-order valence-electron chi connectivity index (χ0n) is 17.6. The molecule has 0 spiro atoms. The fourth-order valence-corrected chi connectivity index (χ4v) is 4.31. The molecular weight excluding hydrogens is 350 g/mol. The number of piperidine rings is 2. The van der Waals surface area contributed by atoms with Gasteiger partial charge in [-0.15, -0.1) is 0 Å². The molecule has 0 bridgehead atoms. The minimum atomic E-state index is 0.0373. The highest BCUT2D eigenvalue weighted by atomic mass is 16.2. The summed E-state index contributed by atoms with van der Waals surface area (Å²) in [5.74, 6) is 0.491. The van der Waals surface area contributed by atoms with E-state index in [1.165, 1.54) is 11.1 Å². The lowest BCUT2D eigenvalue weighted by Crippen LogP contribution is -2.49. The first-order chi connectivity index (χ1) is 13.4. The lowest BCUT2D eigenvalue weighted by Gasteiger charge is -2.35. The van der Waals surface area contributed by atoms with Gasteiger partial charge in [0.15, 0.2) is 0 Å². The molecule has 0 radical (unpaired) electrons. The number of amides is 2. The summed E-state index contributed by atoms with van der Waals surface area (Å²) in [7, 11) is 0. The molecule has 2 saturated heterocycles. The molecular formula is C23H35N3O2. The van der Waals surface area contributed by atoms with E-state index in [0.717, 1.165) is 45.3 Å². The molecule has 2 amide bonds. The van der Waals surface area contributed by atoms with Crippen molar-refractivity contribution in [3.63, 3.8) is 0 Å². The molecule has 0 atom stereocenters. The predicted molar refractivity (Wildman–Crippen MR) is 112 cm³/mol. The summed E-state index contributed by atoms with van der Waals surface area (Å²) in [6.45, 7) is 10.5. The summed E-state index contributed by atoms with van der Waals surface area (Å²) in [4.78, 5) is 29.2. The Morgan fingerprint density at radius 2 is 1.68 bits per heavy atom. The van der Waals surface area contributed by atoms with E-state index in [9.17, 15) is 9.59 Å². The van der Waals surface area contributed by atoms with Gasteiger partial charge in [-0.05, 0) is 43.7 Å². The number of nitrogens with one attached hydrogen (secondary N) is 1. The number of nitrogens with zero attached hydrogens (tertiary/aromatic N) is 2. The van der Waals surface area contributed by atoms with E-state index >= 15 is 0 Å². The van der Waals surface area contributed by atoms with E-state index in [2.05, 4.69) is 41.4 Å². The van der Waals surface area contributed by atoms with Crippen molar-refractivity contribution < 1.29 is 9.59 Å². The van der Waals surface area contributed by atoms with Crippen LogP contribution in [-0.4, -0.2) is 53.8 Å². The average Bonchev–Trinajstić information content (AvgIpc) is 2.70. The van der Waals surface area contributed by atoms with E-state index in [4.69, 9.17) is 0 Å².